The van der Waals surface area contributed by atoms with Crippen molar-refractivity contribution < 1.29 is 28.6 Å². The first-order valence-corrected chi connectivity index (χ1v) is 14.8. The molecule has 13 nitrogen and oxygen atoms in total. The van der Waals surface area contributed by atoms with E-state index in [0.717, 1.165) is 45.3 Å². The van der Waals surface area contributed by atoms with E-state index in [2.05, 4.69) is 26.2 Å². The molecule has 1 aliphatic rings. The van der Waals surface area contributed by atoms with Crippen LogP contribution in [0.3, 0.4) is 0 Å². The van der Waals surface area contributed by atoms with Gasteiger partial charge in [-0.15, -0.1) is 0 Å². The summed E-state index contributed by atoms with van der Waals surface area (Å²) in [6.07, 6.45) is 6.49. The van der Waals surface area contributed by atoms with Crippen LogP contribution in [0.2, 0.25) is 0 Å². The highest BCUT2D eigenvalue weighted by Gasteiger charge is 2.43. The van der Waals surface area contributed by atoms with Crippen molar-refractivity contribution in [3.63, 3.8) is 0 Å². The number of nitrogens with zero attached hydrogens (tertiary/aromatic N) is 1. The number of hydrogen-bond acceptors (Lipinski definition) is 11. The highest BCUT2D eigenvalue weighted by atomic mass is 16.6. The number of amides is 2. The number of esters is 1. The maximum atomic E-state index is 12.8. The zero-order valence-electron chi connectivity index (χ0n) is 25.4. The van der Waals surface area contributed by atoms with Crippen molar-refractivity contribution in [1.29, 1.82) is 10.8 Å². The van der Waals surface area contributed by atoms with Crippen molar-refractivity contribution in [2.75, 3.05) is 59.1 Å². The molecule has 4 atom stereocenters. The number of rotatable bonds is 24. The zero-order chi connectivity index (χ0) is 30.5. The van der Waals surface area contributed by atoms with Gasteiger partial charge < -0.3 is 46.3 Å². The van der Waals surface area contributed by atoms with Gasteiger partial charge in [-0.2, -0.15) is 0 Å². The van der Waals surface area contributed by atoms with Crippen LogP contribution in [0.1, 0.15) is 66.2 Å². The van der Waals surface area contributed by atoms with E-state index in [1.165, 1.54) is 12.4 Å². The van der Waals surface area contributed by atoms with E-state index in [9.17, 15) is 14.4 Å². The third-order valence-corrected chi connectivity index (χ3v) is 6.25. The summed E-state index contributed by atoms with van der Waals surface area (Å²) >= 11 is 0. The summed E-state index contributed by atoms with van der Waals surface area (Å²) in [6.45, 7) is 11.9. The highest BCUT2D eigenvalue weighted by molar-refractivity contribution is 5.85. The SMILES string of the molecule is CCOC(=O)C(CCCCNCC=N)N1CC1COCCNC(=O)C(CCCCNCC=N)NC(=O)OC(C)(C)C. The number of nitrogens with one attached hydrogen (secondary N) is 6. The maximum absolute atomic E-state index is 12.8. The van der Waals surface area contributed by atoms with Crippen LogP contribution in [-0.4, -0.2) is 118 Å². The molecule has 2 amide bonds. The lowest BCUT2D eigenvalue weighted by atomic mass is 10.1. The van der Waals surface area contributed by atoms with Gasteiger partial charge in [0.2, 0.25) is 5.91 Å². The minimum atomic E-state index is -0.725. The number of unbranched alkanes of at least 4 members (excludes halogenated alkanes) is 2. The topological polar surface area (TPSA) is 178 Å². The normalized spacial score (nSPS) is 17.7. The molecule has 0 aromatic carbocycles. The monoisotopic (exact) mass is 583 g/mol. The van der Waals surface area contributed by atoms with Gasteiger partial charge in [-0.25, -0.2) is 4.79 Å². The van der Waals surface area contributed by atoms with Gasteiger partial charge in [0, 0.05) is 44.7 Å². The Hall–Kier alpha value is -2.61. The van der Waals surface area contributed by atoms with Crippen molar-refractivity contribution in [2.45, 2.75) is 89.9 Å². The summed E-state index contributed by atoms with van der Waals surface area (Å²) in [6, 6.07) is -0.873. The number of carbonyl (C=O) groups excluding carboxylic acids is 3. The average Bonchev–Trinajstić information content (AvgIpc) is 3.67. The Bertz CT molecular complexity index is 792. The molecule has 0 radical (unpaired) electrons. The lowest BCUT2D eigenvalue weighted by Crippen LogP contribution is -2.48. The second kappa shape index (κ2) is 21.1. The Balaban J connectivity index is 2.42. The first-order chi connectivity index (χ1) is 19.6. The molecule has 13 heteroatoms. The van der Waals surface area contributed by atoms with Crippen LogP contribution in [0.4, 0.5) is 4.79 Å². The molecule has 1 aliphatic heterocycles. The summed E-state index contributed by atoms with van der Waals surface area (Å²) in [5.74, 6) is -0.499. The van der Waals surface area contributed by atoms with Gasteiger partial charge in [0.1, 0.15) is 17.7 Å². The van der Waals surface area contributed by atoms with Crippen LogP contribution >= 0.6 is 0 Å². The molecule has 1 heterocycles. The predicted molar refractivity (Wildman–Crippen MR) is 159 cm³/mol. The number of ether oxygens (including phenoxy) is 3. The van der Waals surface area contributed by atoms with E-state index in [0.29, 0.717) is 52.3 Å². The van der Waals surface area contributed by atoms with Crippen molar-refractivity contribution in [3.05, 3.63) is 0 Å². The van der Waals surface area contributed by atoms with Crippen molar-refractivity contribution in [3.8, 4) is 0 Å². The highest BCUT2D eigenvalue weighted by Crippen LogP contribution is 2.25. The smallest absolute Gasteiger partial charge is 0.408 e. The summed E-state index contributed by atoms with van der Waals surface area (Å²) < 4.78 is 16.4. The molecule has 4 unspecified atom stereocenters. The fourth-order valence-corrected chi connectivity index (χ4v) is 4.23. The summed E-state index contributed by atoms with van der Waals surface area (Å²) in [4.78, 5) is 39.7. The Kier molecular flexibility index (Phi) is 18.8. The van der Waals surface area contributed by atoms with Crippen molar-refractivity contribution >= 4 is 30.4 Å². The second-order valence-electron chi connectivity index (χ2n) is 11.0. The minimum absolute atomic E-state index is 0.138. The van der Waals surface area contributed by atoms with E-state index in [1.54, 1.807) is 27.7 Å². The average molecular weight is 584 g/mol. The van der Waals surface area contributed by atoms with E-state index in [1.807, 2.05) is 0 Å². The van der Waals surface area contributed by atoms with Crippen molar-refractivity contribution in [2.24, 2.45) is 0 Å². The molecule has 1 rings (SSSR count). The van der Waals surface area contributed by atoms with Crippen molar-refractivity contribution in [1.82, 2.24) is 26.2 Å². The van der Waals surface area contributed by atoms with Gasteiger partial charge in [0.15, 0.2) is 0 Å². The quantitative estimate of drug-likeness (QED) is 0.0425. The van der Waals surface area contributed by atoms with Gasteiger partial charge in [-0.3, -0.25) is 14.5 Å². The van der Waals surface area contributed by atoms with Gasteiger partial charge in [0.25, 0.3) is 0 Å². The third-order valence-electron chi connectivity index (χ3n) is 6.25. The van der Waals surface area contributed by atoms with Crippen LogP contribution in [0, 0.1) is 10.8 Å². The maximum Gasteiger partial charge on any atom is 0.408 e. The van der Waals surface area contributed by atoms with Gasteiger partial charge >= 0.3 is 12.1 Å². The molecule has 0 aromatic heterocycles. The van der Waals surface area contributed by atoms with Gasteiger partial charge in [0.05, 0.1) is 19.8 Å². The van der Waals surface area contributed by atoms with Crippen LogP contribution in [0.15, 0.2) is 0 Å². The Morgan fingerprint density at radius 2 is 1.61 bits per heavy atom. The van der Waals surface area contributed by atoms with E-state index >= 15 is 0 Å². The molecule has 0 saturated carbocycles. The molecule has 1 fully saturated rings. The summed E-state index contributed by atoms with van der Waals surface area (Å²) in [5, 5.41) is 25.9. The molecule has 0 aliphatic carbocycles. The predicted octanol–water partition coefficient (Wildman–Crippen LogP) is 1.45. The molecule has 0 bridgehead atoms. The van der Waals surface area contributed by atoms with Gasteiger partial charge in [-0.05, 0) is 72.9 Å². The van der Waals surface area contributed by atoms with E-state index in [4.69, 9.17) is 25.0 Å². The Morgan fingerprint density at radius 1 is 0.976 bits per heavy atom. The molecule has 1 saturated heterocycles. The molecule has 6 N–H and O–H groups in total. The largest absolute Gasteiger partial charge is 0.465 e. The number of carbonyl (C=O) groups is 3. The zero-order valence-corrected chi connectivity index (χ0v) is 25.4. The fourth-order valence-electron chi connectivity index (χ4n) is 4.23. The summed E-state index contributed by atoms with van der Waals surface area (Å²) in [7, 11) is 0. The molecular formula is C28H53N7O6. The molecule has 236 valence electrons. The van der Waals surface area contributed by atoms with Crippen LogP contribution in [0.25, 0.3) is 0 Å². The molecule has 41 heavy (non-hydrogen) atoms. The fraction of sp³-hybridized carbons (Fsp3) is 0.821. The first kappa shape index (κ1) is 36.4. The molecule has 0 aromatic rings. The molecule has 0 spiro atoms. The van der Waals surface area contributed by atoms with E-state index in [-0.39, 0.29) is 24.0 Å². The van der Waals surface area contributed by atoms with Crippen LogP contribution in [0.5, 0.6) is 0 Å². The Labute approximate surface area is 245 Å². The molecular weight excluding hydrogens is 530 g/mol. The minimum Gasteiger partial charge on any atom is -0.465 e. The third kappa shape index (κ3) is 17.7. The first-order valence-electron chi connectivity index (χ1n) is 14.8. The second-order valence-corrected chi connectivity index (χ2v) is 11.0. The lowest BCUT2D eigenvalue weighted by Gasteiger charge is -2.23. The van der Waals surface area contributed by atoms with Gasteiger partial charge in [-0.1, -0.05) is 6.42 Å². The standard InChI is InChI=1S/C28H53N7O6/c1-5-40-26(37)24(11-7-9-15-32-17-13-30)35-20-22(35)21-39-19-18-33-25(36)23(10-6-8-14-31-16-12-29)34-27(38)41-28(2,3)4/h12-13,22-24,29-32H,5-11,14-21H2,1-4H3,(H,33,36)(H,34,38). The number of alkyl carbamates (subject to hydrolysis) is 1. The van der Waals surface area contributed by atoms with Crippen LogP contribution < -0.4 is 21.3 Å². The van der Waals surface area contributed by atoms with E-state index < -0.39 is 17.7 Å². The summed E-state index contributed by atoms with van der Waals surface area (Å²) in [5.41, 5.74) is -0.670. The number of hydrogen-bond donors (Lipinski definition) is 6. The lowest BCUT2D eigenvalue weighted by molar-refractivity contribution is -0.148. The Morgan fingerprint density at radius 3 is 2.20 bits per heavy atom. The van der Waals surface area contributed by atoms with Crippen LogP contribution in [-0.2, 0) is 23.8 Å².